The van der Waals surface area contributed by atoms with E-state index >= 15 is 0 Å². The first kappa shape index (κ1) is 16.7. The summed E-state index contributed by atoms with van der Waals surface area (Å²) < 4.78 is 0. The van der Waals surface area contributed by atoms with Gasteiger partial charge in [-0.3, -0.25) is 10.1 Å². The number of nitrogens with zero attached hydrogens (tertiary/aromatic N) is 2. The highest BCUT2D eigenvalue weighted by molar-refractivity contribution is 8.00. The van der Waals surface area contributed by atoms with Crippen molar-refractivity contribution in [2.24, 2.45) is 5.73 Å². The van der Waals surface area contributed by atoms with Crippen molar-refractivity contribution in [3.05, 3.63) is 41.0 Å². The van der Waals surface area contributed by atoms with Gasteiger partial charge in [-0.1, -0.05) is 35.5 Å². The molecule has 0 fully saturated rings. The predicted octanol–water partition coefficient (Wildman–Crippen LogP) is 3.30. The van der Waals surface area contributed by atoms with Crippen LogP contribution < -0.4 is 11.1 Å². The number of halogens is 1. The number of imide groups is 1. The Labute approximate surface area is 150 Å². The van der Waals surface area contributed by atoms with Gasteiger partial charge in [0.15, 0.2) is 0 Å². The van der Waals surface area contributed by atoms with Gasteiger partial charge in [-0.25, -0.2) is 14.8 Å². The van der Waals surface area contributed by atoms with E-state index in [2.05, 4.69) is 9.97 Å². The number of aromatic nitrogens is 2. The summed E-state index contributed by atoms with van der Waals surface area (Å²) in [6.45, 7) is 0. The van der Waals surface area contributed by atoms with Crippen molar-refractivity contribution in [1.29, 1.82) is 0 Å². The molecule has 0 saturated carbocycles. The fourth-order valence-electron chi connectivity index (χ4n) is 2.11. The second-order valence-corrected chi connectivity index (χ2v) is 6.97. The Morgan fingerprint density at radius 3 is 2.71 bits per heavy atom. The number of nitrogens with one attached hydrogen (secondary N) is 1. The van der Waals surface area contributed by atoms with Crippen LogP contribution in [0.4, 0.5) is 4.79 Å². The Morgan fingerprint density at radius 2 is 2.00 bits per heavy atom. The maximum Gasteiger partial charge on any atom is 0.318 e. The van der Waals surface area contributed by atoms with Gasteiger partial charge in [0.05, 0.1) is 11.1 Å². The van der Waals surface area contributed by atoms with E-state index in [4.69, 9.17) is 17.3 Å². The molecule has 24 heavy (non-hydrogen) atoms. The summed E-state index contributed by atoms with van der Waals surface area (Å²) in [4.78, 5) is 31.7. The molecule has 122 valence electrons. The summed E-state index contributed by atoms with van der Waals surface area (Å²) in [5.74, 6) is -0.437. The van der Waals surface area contributed by atoms with Crippen LogP contribution in [0.3, 0.4) is 0 Å². The van der Waals surface area contributed by atoms with Crippen LogP contribution in [0.25, 0.3) is 21.3 Å². The third kappa shape index (κ3) is 3.66. The Kier molecular flexibility index (Phi) is 4.98. The smallest absolute Gasteiger partial charge is 0.318 e. The number of primary amides is 1. The lowest BCUT2D eigenvalue weighted by Gasteiger charge is -2.05. The van der Waals surface area contributed by atoms with Gasteiger partial charge in [0.25, 0.3) is 0 Å². The number of nitrogens with two attached hydrogens (primary N) is 1. The van der Waals surface area contributed by atoms with Gasteiger partial charge in [-0.2, -0.15) is 0 Å². The largest absolute Gasteiger partial charge is 0.351 e. The summed E-state index contributed by atoms with van der Waals surface area (Å²) in [6.07, 6.45) is 1.46. The van der Waals surface area contributed by atoms with E-state index in [1.807, 2.05) is 35.0 Å². The van der Waals surface area contributed by atoms with E-state index in [0.29, 0.717) is 10.0 Å². The molecule has 0 bridgehead atoms. The van der Waals surface area contributed by atoms with Crippen molar-refractivity contribution in [3.8, 4) is 11.1 Å². The van der Waals surface area contributed by atoms with Crippen molar-refractivity contribution in [2.45, 2.75) is 5.03 Å². The van der Waals surface area contributed by atoms with Crippen LogP contribution in [0.5, 0.6) is 0 Å². The minimum Gasteiger partial charge on any atom is -0.351 e. The zero-order chi connectivity index (χ0) is 17.1. The van der Waals surface area contributed by atoms with Crippen molar-refractivity contribution in [2.75, 3.05) is 5.75 Å². The van der Waals surface area contributed by atoms with E-state index in [-0.39, 0.29) is 5.75 Å². The quantitative estimate of drug-likeness (QED) is 0.536. The number of amides is 3. The molecular formula is C15H11ClN4O2S2. The molecule has 0 aliphatic carbocycles. The minimum absolute atomic E-state index is 0.0327. The van der Waals surface area contributed by atoms with Crippen LogP contribution >= 0.6 is 34.7 Å². The lowest BCUT2D eigenvalue weighted by atomic mass is 10.1. The summed E-state index contributed by atoms with van der Waals surface area (Å²) in [6, 6.07) is 6.61. The average molecular weight is 379 g/mol. The van der Waals surface area contributed by atoms with E-state index in [9.17, 15) is 9.59 Å². The third-order valence-electron chi connectivity index (χ3n) is 3.09. The number of thiophene rings is 1. The molecule has 0 atom stereocenters. The van der Waals surface area contributed by atoms with E-state index < -0.39 is 11.9 Å². The van der Waals surface area contributed by atoms with Crippen LogP contribution in [-0.2, 0) is 4.79 Å². The number of hydrogen-bond donors (Lipinski definition) is 2. The second kappa shape index (κ2) is 7.16. The summed E-state index contributed by atoms with van der Waals surface area (Å²) in [5.41, 5.74) is 6.90. The fourth-order valence-corrected chi connectivity index (χ4v) is 4.03. The molecular weight excluding hydrogens is 368 g/mol. The van der Waals surface area contributed by atoms with E-state index in [1.54, 1.807) is 0 Å². The standard InChI is InChI=1S/C15H11ClN4O2S2/c16-9-3-1-8(2-4-9)10-5-23-13-12(10)14(19-7-18-13)24-6-11(21)20-15(17)22/h1-5,7H,6H2,(H3,17,20,21,22). The predicted molar refractivity (Wildman–Crippen MR) is 96.3 cm³/mol. The molecule has 9 heteroatoms. The Balaban J connectivity index is 1.94. The number of carbonyl (C=O) groups is 2. The number of carbonyl (C=O) groups excluding carboxylic acids is 2. The van der Waals surface area contributed by atoms with Gasteiger partial charge in [0.1, 0.15) is 16.2 Å². The van der Waals surface area contributed by atoms with Crippen molar-refractivity contribution >= 4 is 56.9 Å². The zero-order valence-corrected chi connectivity index (χ0v) is 14.5. The topological polar surface area (TPSA) is 98.0 Å². The lowest BCUT2D eigenvalue weighted by molar-refractivity contribution is -0.117. The highest BCUT2D eigenvalue weighted by Crippen LogP contribution is 2.38. The maximum atomic E-state index is 11.6. The molecule has 0 aliphatic heterocycles. The van der Waals surface area contributed by atoms with Gasteiger partial charge < -0.3 is 5.73 Å². The SMILES string of the molecule is NC(=O)NC(=O)CSc1ncnc2scc(-c3ccc(Cl)cc3)c12. The van der Waals surface area contributed by atoms with Crippen LogP contribution in [0.2, 0.25) is 5.02 Å². The third-order valence-corrected chi connectivity index (χ3v) is 5.22. The molecule has 3 N–H and O–H groups in total. The van der Waals surface area contributed by atoms with Gasteiger partial charge in [-0.05, 0) is 17.7 Å². The first-order chi connectivity index (χ1) is 11.5. The molecule has 3 aromatic rings. The number of rotatable bonds is 4. The van der Waals surface area contributed by atoms with Gasteiger partial charge in [0.2, 0.25) is 5.91 Å². The molecule has 1 aromatic carbocycles. The number of hydrogen-bond acceptors (Lipinski definition) is 6. The Hall–Kier alpha value is -2.16. The van der Waals surface area contributed by atoms with Crippen LogP contribution in [0.15, 0.2) is 41.0 Å². The number of urea groups is 1. The van der Waals surface area contributed by atoms with Crippen molar-refractivity contribution < 1.29 is 9.59 Å². The van der Waals surface area contributed by atoms with E-state index in [1.165, 1.54) is 29.4 Å². The molecule has 3 rings (SSSR count). The zero-order valence-electron chi connectivity index (χ0n) is 12.2. The molecule has 2 aromatic heterocycles. The van der Waals surface area contributed by atoms with E-state index in [0.717, 1.165) is 21.3 Å². The molecule has 0 radical (unpaired) electrons. The molecule has 0 aliphatic rings. The first-order valence-corrected chi connectivity index (χ1v) is 8.99. The van der Waals surface area contributed by atoms with Crippen LogP contribution in [-0.4, -0.2) is 27.7 Å². The molecule has 3 amide bonds. The minimum atomic E-state index is -0.870. The molecule has 6 nitrogen and oxygen atoms in total. The number of thioether (sulfide) groups is 1. The van der Waals surface area contributed by atoms with Crippen LogP contribution in [0.1, 0.15) is 0 Å². The van der Waals surface area contributed by atoms with Gasteiger partial charge in [0, 0.05) is 16.0 Å². The average Bonchev–Trinajstić information content (AvgIpc) is 2.97. The normalized spacial score (nSPS) is 10.7. The van der Waals surface area contributed by atoms with Crippen molar-refractivity contribution in [3.63, 3.8) is 0 Å². The number of fused-ring (bicyclic) bond motifs is 1. The highest BCUT2D eigenvalue weighted by atomic mass is 35.5. The summed E-state index contributed by atoms with van der Waals surface area (Å²) >= 11 is 8.67. The molecule has 0 saturated heterocycles. The Morgan fingerprint density at radius 1 is 1.25 bits per heavy atom. The fraction of sp³-hybridized carbons (Fsp3) is 0.0667. The first-order valence-electron chi connectivity index (χ1n) is 6.75. The van der Waals surface area contributed by atoms with Crippen molar-refractivity contribution in [1.82, 2.24) is 15.3 Å². The monoisotopic (exact) mass is 378 g/mol. The molecule has 0 spiro atoms. The summed E-state index contributed by atoms with van der Waals surface area (Å²) in [7, 11) is 0. The maximum absolute atomic E-state index is 11.6. The number of benzene rings is 1. The lowest BCUT2D eigenvalue weighted by Crippen LogP contribution is -2.36. The summed E-state index contributed by atoms with van der Waals surface area (Å²) in [5, 5.41) is 6.24. The van der Waals surface area contributed by atoms with Gasteiger partial charge in [-0.15, -0.1) is 11.3 Å². The Bertz CT molecular complexity index is 911. The highest BCUT2D eigenvalue weighted by Gasteiger charge is 2.15. The second-order valence-electron chi connectivity index (χ2n) is 4.72. The van der Waals surface area contributed by atoms with Crippen LogP contribution in [0, 0.1) is 0 Å². The molecule has 0 unspecified atom stereocenters. The molecule has 2 heterocycles. The van der Waals surface area contributed by atoms with Gasteiger partial charge >= 0.3 is 6.03 Å².